The van der Waals surface area contributed by atoms with Crippen molar-refractivity contribution in [1.82, 2.24) is 19.5 Å². The highest BCUT2D eigenvalue weighted by Gasteiger charge is 2.12. The summed E-state index contributed by atoms with van der Waals surface area (Å²) in [5, 5.41) is 23.7. The molecule has 156 valence electrons. The summed E-state index contributed by atoms with van der Waals surface area (Å²) in [5.41, 5.74) is 8.13. The van der Waals surface area contributed by atoms with E-state index in [1.807, 2.05) is 30.3 Å². The van der Waals surface area contributed by atoms with Crippen molar-refractivity contribution in [3.05, 3.63) is 94.6 Å². The third-order valence-corrected chi connectivity index (χ3v) is 4.46. The summed E-state index contributed by atoms with van der Waals surface area (Å²) in [4.78, 5) is 22.9. The van der Waals surface area contributed by atoms with Crippen molar-refractivity contribution in [3.63, 3.8) is 0 Å². The van der Waals surface area contributed by atoms with Crippen LogP contribution in [-0.4, -0.2) is 24.4 Å². The number of anilines is 3. The van der Waals surface area contributed by atoms with Crippen molar-refractivity contribution in [3.8, 4) is 11.8 Å². The Hall–Kier alpha value is -5.04. The second-order valence-corrected chi connectivity index (χ2v) is 6.58. The van der Waals surface area contributed by atoms with E-state index >= 15 is 0 Å². The minimum atomic E-state index is -0.458. The highest BCUT2D eigenvalue weighted by atomic mass is 16.6. The quantitative estimate of drug-likeness (QED) is 0.268. The molecule has 10 nitrogen and oxygen atoms in total. The summed E-state index contributed by atoms with van der Waals surface area (Å²) in [6, 6.07) is 21.1. The van der Waals surface area contributed by atoms with Gasteiger partial charge in [0.15, 0.2) is 5.82 Å². The number of non-ortho nitro benzene ring substituents is 1. The van der Waals surface area contributed by atoms with Crippen molar-refractivity contribution in [2.24, 2.45) is 0 Å². The number of nitrogen functional groups attached to an aromatic ring is 1. The molecule has 0 spiro atoms. The SMILES string of the molecule is N#C/C(=C\c1cccn1-c1ccc([N+](=O)[O-])cc1)c1nc(N)nc(Nc2ccccc2)n1. The van der Waals surface area contributed by atoms with Crippen LogP contribution in [0.4, 0.5) is 23.3 Å². The zero-order valence-corrected chi connectivity index (χ0v) is 16.6. The van der Waals surface area contributed by atoms with Gasteiger partial charge in [-0.3, -0.25) is 10.1 Å². The average Bonchev–Trinajstić information content (AvgIpc) is 3.26. The first-order chi connectivity index (χ1) is 15.5. The Morgan fingerprint density at radius 1 is 1.06 bits per heavy atom. The molecular weight excluding hydrogens is 408 g/mol. The Balaban J connectivity index is 1.68. The van der Waals surface area contributed by atoms with Crippen LogP contribution >= 0.6 is 0 Å². The molecule has 2 aromatic heterocycles. The van der Waals surface area contributed by atoms with E-state index in [2.05, 4.69) is 26.3 Å². The predicted octanol–water partition coefficient (Wildman–Crippen LogP) is 3.96. The lowest BCUT2D eigenvalue weighted by atomic mass is 10.2. The van der Waals surface area contributed by atoms with E-state index in [0.29, 0.717) is 11.4 Å². The first-order valence-corrected chi connectivity index (χ1v) is 9.41. The summed E-state index contributed by atoms with van der Waals surface area (Å²) < 4.78 is 1.79. The monoisotopic (exact) mass is 424 g/mol. The van der Waals surface area contributed by atoms with Crippen molar-refractivity contribution < 1.29 is 4.92 Å². The minimum absolute atomic E-state index is 0.00480. The van der Waals surface area contributed by atoms with Gasteiger partial charge >= 0.3 is 0 Å². The van der Waals surface area contributed by atoms with Gasteiger partial charge in [0.25, 0.3) is 5.69 Å². The first kappa shape index (κ1) is 20.2. The number of nitro benzene ring substituents is 1. The molecular formula is C22H16N8O2. The van der Waals surface area contributed by atoms with Gasteiger partial charge in [0.05, 0.1) is 10.5 Å². The number of nitriles is 1. The van der Waals surface area contributed by atoms with Crippen molar-refractivity contribution in [1.29, 1.82) is 5.26 Å². The number of nitrogens with two attached hydrogens (primary N) is 1. The van der Waals surface area contributed by atoms with Crippen molar-refractivity contribution in [2.75, 3.05) is 11.1 Å². The van der Waals surface area contributed by atoms with E-state index in [0.717, 1.165) is 5.69 Å². The number of hydrogen-bond donors (Lipinski definition) is 2. The lowest BCUT2D eigenvalue weighted by Crippen LogP contribution is -2.06. The van der Waals surface area contributed by atoms with Crippen LogP contribution in [0.25, 0.3) is 17.3 Å². The van der Waals surface area contributed by atoms with Gasteiger partial charge in [-0.05, 0) is 42.5 Å². The first-order valence-electron chi connectivity index (χ1n) is 9.41. The van der Waals surface area contributed by atoms with Crippen molar-refractivity contribution >= 4 is 34.9 Å². The van der Waals surface area contributed by atoms with E-state index in [9.17, 15) is 15.4 Å². The van der Waals surface area contributed by atoms with Gasteiger partial charge < -0.3 is 15.6 Å². The molecule has 0 bridgehead atoms. The van der Waals surface area contributed by atoms with E-state index in [1.54, 1.807) is 41.1 Å². The van der Waals surface area contributed by atoms with Gasteiger partial charge in [-0.1, -0.05) is 18.2 Å². The van der Waals surface area contributed by atoms with Crippen LogP contribution in [0.15, 0.2) is 72.9 Å². The summed E-state index contributed by atoms with van der Waals surface area (Å²) in [7, 11) is 0. The molecule has 0 aliphatic carbocycles. The zero-order chi connectivity index (χ0) is 22.5. The molecule has 4 aromatic rings. The Labute approximate surface area is 182 Å². The number of para-hydroxylation sites is 1. The van der Waals surface area contributed by atoms with E-state index in [-0.39, 0.29) is 29.0 Å². The maximum Gasteiger partial charge on any atom is 0.269 e. The van der Waals surface area contributed by atoms with E-state index < -0.39 is 4.92 Å². The van der Waals surface area contributed by atoms with E-state index in [4.69, 9.17) is 5.73 Å². The maximum absolute atomic E-state index is 10.9. The van der Waals surface area contributed by atoms with Crippen molar-refractivity contribution in [2.45, 2.75) is 0 Å². The summed E-state index contributed by atoms with van der Waals surface area (Å²) in [6.45, 7) is 0. The van der Waals surface area contributed by atoms with Crippen LogP contribution in [0, 0.1) is 21.4 Å². The molecule has 2 heterocycles. The molecule has 0 aliphatic rings. The molecule has 0 saturated carbocycles. The smallest absolute Gasteiger partial charge is 0.269 e. The maximum atomic E-state index is 10.9. The molecule has 10 heteroatoms. The molecule has 0 amide bonds. The molecule has 32 heavy (non-hydrogen) atoms. The van der Waals surface area contributed by atoms with Crippen LogP contribution in [0.2, 0.25) is 0 Å². The molecule has 0 radical (unpaired) electrons. The van der Waals surface area contributed by atoms with Crippen LogP contribution in [0.3, 0.4) is 0 Å². The number of rotatable bonds is 6. The standard InChI is InChI=1S/C22H16N8O2/c23-14-15(20-26-21(24)28-22(27-20)25-16-5-2-1-3-6-16)13-19-7-4-12-29(19)17-8-10-18(11-9-17)30(31)32/h1-13H,(H3,24,25,26,27,28)/b15-13+. The fourth-order valence-corrected chi connectivity index (χ4v) is 3.00. The minimum Gasteiger partial charge on any atom is -0.368 e. The topological polar surface area (TPSA) is 149 Å². The molecule has 3 N–H and O–H groups in total. The van der Waals surface area contributed by atoms with Crippen LogP contribution < -0.4 is 11.1 Å². The molecule has 4 rings (SSSR count). The van der Waals surface area contributed by atoms with Gasteiger partial charge in [0.1, 0.15) is 6.07 Å². The van der Waals surface area contributed by atoms with Gasteiger partial charge in [-0.25, -0.2) is 0 Å². The fourth-order valence-electron chi connectivity index (χ4n) is 3.00. The molecule has 0 unspecified atom stereocenters. The molecule has 0 saturated heterocycles. The molecule has 0 atom stereocenters. The van der Waals surface area contributed by atoms with Crippen LogP contribution in [0.5, 0.6) is 0 Å². The highest BCUT2D eigenvalue weighted by Crippen LogP contribution is 2.22. The summed E-state index contributed by atoms with van der Waals surface area (Å²) in [6.07, 6.45) is 3.40. The Kier molecular flexibility index (Phi) is 5.54. The number of nitrogens with one attached hydrogen (secondary N) is 1. The fraction of sp³-hybridized carbons (Fsp3) is 0. The van der Waals surface area contributed by atoms with Crippen LogP contribution in [-0.2, 0) is 0 Å². The second-order valence-electron chi connectivity index (χ2n) is 6.58. The average molecular weight is 424 g/mol. The third kappa shape index (κ3) is 4.42. The number of benzene rings is 2. The Bertz CT molecular complexity index is 1340. The summed E-state index contributed by atoms with van der Waals surface area (Å²) >= 11 is 0. The van der Waals surface area contributed by atoms with Gasteiger partial charge in [0, 0.05) is 35.4 Å². The van der Waals surface area contributed by atoms with Gasteiger partial charge in [-0.15, -0.1) is 0 Å². The molecule has 0 fully saturated rings. The largest absolute Gasteiger partial charge is 0.368 e. The number of nitro groups is 1. The zero-order valence-electron chi connectivity index (χ0n) is 16.6. The van der Waals surface area contributed by atoms with Gasteiger partial charge in [-0.2, -0.15) is 20.2 Å². The van der Waals surface area contributed by atoms with Gasteiger partial charge in [0.2, 0.25) is 11.9 Å². The van der Waals surface area contributed by atoms with E-state index in [1.165, 1.54) is 12.1 Å². The number of hydrogen-bond acceptors (Lipinski definition) is 8. The lowest BCUT2D eigenvalue weighted by molar-refractivity contribution is -0.384. The Morgan fingerprint density at radius 3 is 2.50 bits per heavy atom. The normalized spacial score (nSPS) is 11.0. The lowest BCUT2D eigenvalue weighted by Gasteiger charge is -2.08. The number of allylic oxidation sites excluding steroid dienone is 1. The number of nitrogens with zero attached hydrogens (tertiary/aromatic N) is 6. The third-order valence-electron chi connectivity index (χ3n) is 4.46. The molecule has 0 aliphatic heterocycles. The highest BCUT2D eigenvalue weighted by molar-refractivity contribution is 5.87. The van der Waals surface area contributed by atoms with Crippen LogP contribution in [0.1, 0.15) is 11.5 Å². The second kappa shape index (κ2) is 8.76. The Morgan fingerprint density at radius 2 is 1.81 bits per heavy atom. The summed E-state index contributed by atoms with van der Waals surface area (Å²) in [5.74, 6) is 0.306. The predicted molar refractivity (Wildman–Crippen MR) is 120 cm³/mol. The number of aromatic nitrogens is 4. The molecule has 2 aromatic carbocycles.